The topological polar surface area (TPSA) is 161 Å². The maximum atomic E-state index is 14.7. The van der Waals surface area contributed by atoms with Gasteiger partial charge in [0.1, 0.15) is 17.6 Å². The van der Waals surface area contributed by atoms with E-state index in [9.17, 15) is 33.2 Å². The van der Waals surface area contributed by atoms with Gasteiger partial charge in [-0.25, -0.2) is 9.18 Å². The monoisotopic (exact) mass is 901 g/mol. The number of hydrogen-bond acceptors (Lipinski definition) is 9. The summed E-state index contributed by atoms with van der Waals surface area (Å²) in [7, 11) is 0. The van der Waals surface area contributed by atoms with Crippen LogP contribution in [0.4, 0.5) is 14.9 Å². The molecule has 0 radical (unpaired) electrons. The first-order chi connectivity index (χ1) is 32.0. The van der Waals surface area contributed by atoms with Gasteiger partial charge in [-0.1, -0.05) is 74.2 Å². The van der Waals surface area contributed by atoms with Gasteiger partial charge in [0, 0.05) is 56.8 Å². The minimum absolute atomic E-state index is 0.0288. The summed E-state index contributed by atoms with van der Waals surface area (Å²) in [5.41, 5.74) is 2.62. The number of halogens is 1. The first kappa shape index (κ1) is 46.3. The number of amides is 7. The number of benzene rings is 4. The van der Waals surface area contributed by atoms with Crippen LogP contribution in [0.3, 0.4) is 0 Å². The molecule has 14 nitrogen and oxygen atoms in total. The summed E-state index contributed by atoms with van der Waals surface area (Å²) in [6.07, 6.45) is 7.64. The van der Waals surface area contributed by atoms with Gasteiger partial charge in [-0.05, 0) is 111 Å². The molecule has 0 spiro atoms. The standard InChI is InChI=1S/C51H60FN7O7/c1-34(40-15-10-13-36-12-6-7-14-41(36)40)57-23-20-37(21-24-57)47(61)53-33-35-30-38(52)32-39(31-35)54-51(65)58-27-25-56(26-28-58)22-8-4-2-3-5-9-29-66-44-17-11-16-42-46(44)50(64)59(49(42)63)43-18-19-45(60)55-48(43)62/h6-7,10-17,30-32,34,37,43H,2-5,8-9,18-29,33H2,1H3,(H,53,61)(H,54,65)(H,55,60,62)/t34-,43?/m1/s1. The Labute approximate surface area is 385 Å². The first-order valence-corrected chi connectivity index (χ1v) is 23.6. The van der Waals surface area contributed by atoms with Crippen LogP contribution >= 0.6 is 0 Å². The predicted molar refractivity (Wildman–Crippen MR) is 248 cm³/mol. The first-order valence-electron chi connectivity index (χ1n) is 23.6. The van der Waals surface area contributed by atoms with Gasteiger partial charge in [-0.3, -0.25) is 44.0 Å². The van der Waals surface area contributed by atoms with Gasteiger partial charge in [0.05, 0.1) is 17.7 Å². The van der Waals surface area contributed by atoms with E-state index in [4.69, 9.17) is 4.74 Å². The number of nitrogens with zero attached hydrogens (tertiary/aromatic N) is 4. The van der Waals surface area contributed by atoms with Gasteiger partial charge in [-0.15, -0.1) is 0 Å². The molecule has 3 N–H and O–H groups in total. The number of piperazine rings is 1. The molecule has 4 aliphatic rings. The summed E-state index contributed by atoms with van der Waals surface area (Å²) < 4.78 is 20.7. The molecule has 348 valence electrons. The molecule has 8 rings (SSSR count). The van der Waals surface area contributed by atoms with E-state index in [1.165, 1.54) is 28.5 Å². The average molecular weight is 902 g/mol. The molecule has 4 aromatic rings. The predicted octanol–water partition coefficient (Wildman–Crippen LogP) is 7.04. The SMILES string of the molecule is C[C@H](c1cccc2ccccc12)N1CCC(C(=O)NCc2cc(F)cc(NC(=O)N3CCN(CCCCCCCCOc4cccc5c4C(=O)N(C4CCC(=O)NC4=O)C5=O)CC3)c2)CC1. The summed E-state index contributed by atoms with van der Waals surface area (Å²) in [5, 5.41) is 10.6. The van der Waals surface area contributed by atoms with Crippen molar-refractivity contribution in [2.45, 2.75) is 89.8 Å². The Balaban J connectivity index is 0.684. The van der Waals surface area contributed by atoms with Crippen molar-refractivity contribution in [2.24, 2.45) is 5.92 Å². The molecule has 0 aliphatic carbocycles. The zero-order valence-corrected chi connectivity index (χ0v) is 37.7. The summed E-state index contributed by atoms with van der Waals surface area (Å²) in [6.45, 7) is 8.05. The third kappa shape index (κ3) is 10.9. The number of hydrogen-bond donors (Lipinski definition) is 3. The lowest BCUT2D eigenvalue weighted by molar-refractivity contribution is -0.136. The second-order valence-corrected chi connectivity index (χ2v) is 18.0. The highest BCUT2D eigenvalue weighted by Crippen LogP contribution is 2.34. The van der Waals surface area contributed by atoms with Crippen LogP contribution in [-0.4, -0.2) is 114 Å². The van der Waals surface area contributed by atoms with Crippen LogP contribution < -0.4 is 20.7 Å². The largest absolute Gasteiger partial charge is 0.493 e. The summed E-state index contributed by atoms with van der Waals surface area (Å²) in [4.78, 5) is 84.3. The molecule has 4 heterocycles. The molecule has 0 saturated carbocycles. The number of carbonyl (C=O) groups excluding carboxylic acids is 6. The Morgan fingerprint density at radius 2 is 1.53 bits per heavy atom. The zero-order valence-electron chi connectivity index (χ0n) is 37.7. The number of imide groups is 2. The molecule has 66 heavy (non-hydrogen) atoms. The third-order valence-corrected chi connectivity index (χ3v) is 13.6. The lowest BCUT2D eigenvalue weighted by Gasteiger charge is -2.36. The minimum Gasteiger partial charge on any atom is -0.493 e. The third-order valence-electron chi connectivity index (χ3n) is 13.6. The van der Waals surface area contributed by atoms with Crippen molar-refractivity contribution in [1.82, 2.24) is 30.2 Å². The molecular formula is C51H60FN7O7. The number of ether oxygens (including phenoxy) is 1. The van der Waals surface area contributed by atoms with E-state index in [0.29, 0.717) is 36.7 Å². The Kier molecular flexibility index (Phi) is 15.0. The fourth-order valence-corrected chi connectivity index (χ4v) is 9.83. The fourth-order valence-electron chi connectivity index (χ4n) is 9.83. The molecule has 0 bridgehead atoms. The van der Waals surface area contributed by atoms with Crippen molar-refractivity contribution in [3.63, 3.8) is 0 Å². The van der Waals surface area contributed by atoms with Gasteiger partial charge in [0.2, 0.25) is 17.7 Å². The Bertz CT molecular complexity index is 2440. The van der Waals surface area contributed by atoms with Crippen molar-refractivity contribution in [2.75, 3.05) is 57.7 Å². The van der Waals surface area contributed by atoms with Crippen molar-refractivity contribution in [3.05, 3.63) is 107 Å². The minimum atomic E-state index is -1.02. The normalized spacial score (nSPS) is 18.9. The molecule has 3 fully saturated rings. The van der Waals surface area contributed by atoms with Crippen LogP contribution in [0.15, 0.2) is 78.9 Å². The van der Waals surface area contributed by atoms with Crippen LogP contribution in [0.1, 0.15) is 109 Å². The molecular weight excluding hydrogens is 842 g/mol. The van der Waals surface area contributed by atoms with E-state index in [-0.39, 0.29) is 54.4 Å². The number of likely N-dealkylation sites (tertiary alicyclic amines) is 1. The van der Waals surface area contributed by atoms with E-state index in [1.807, 2.05) is 0 Å². The Morgan fingerprint density at radius 3 is 2.32 bits per heavy atom. The molecule has 4 aliphatic heterocycles. The smallest absolute Gasteiger partial charge is 0.321 e. The van der Waals surface area contributed by atoms with E-state index in [0.717, 1.165) is 89.0 Å². The molecule has 2 atom stereocenters. The Morgan fingerprint density at radius 1 is 0.803 bits per heavy atom. The van der Waals surface area contributed by atoms with Crippen molar-refractivity contribution in [3.8, 4) is 5.75 Å². The highest BCUT2D eigenvalue weighted by Gasteiger charge is 2.46. The van der Waals surface area contributed by atoms with E-state index < -0.39 is 35.5 Å². The zero-order chi connectivity index (χ0) is 46.2. The van der Waals surface area contributed by atoms with Crippen LogP contribution in [0, 0.1) is 11.7 Å². The van der Waals surface area contributed by atoms with Crippen molar-refractivity contribution < 1.29 is 37.9 Å². The second-order valence-electron chi connectivity index (χ2n) is 18.0. The maximum absolute atomic E-state index is 14.7. The number of unbranched alkanes of at least 4 members (excludes halogenated alkanes) is 5. The highest BCUT2D eigenvalue weighted by molar-refractivity contribution is 6.24. The quantitative estimate of drug-likeness (QED) is 0.0747. The average Bonchev–Trinajstić information content (AvgIpc) is 3.58. The van der Waals surface area contributed by atoms with E-state index in [1.54, 1.807) is 29.2 Å². The summed E-state index contributed by atoms with van der Waals surface area (Å²) >= 11 is 0. The van der Waals surface area contributed by atoms with Crippen LogP contribution in [0.2, 0.25) is 0 Å². The Hall–Kier alpha value is -6.19. The van der Waals surface area contributed by atoms with Gasteiger partial charge >= 0.3 is 6.03 Å². The lowest BCUT2D eigenvalue weighted by Crippen LogP contribution is -2.54. The van der Waals surface area contributed by atoms with Crippen molar-refractivity contribution >= 4 is 52.0 Å². The number of piperidine rings is 2. The number of anilines is 1. The van der Waals surface area contributed by atoms with E-state index >= 15 is 0 Å². The molecule has 7 amide bonds. The van der Waals surface area contributed by atoms with E-state index in [2.05, 4.69) is 75.1 Å². The molecule has 3 saturated heterocycles. The molecule has 0 aromatic heterocycles. The number of urea groups is 1. The number of rotatable bonds is 17. The van der Waals surface area contributed by atoms with Crippen LogP contribution in [0.5, 0.6) is 5.75 Å². The molecule has 1 unspecified atom stereocenters. The number of fused-ring (bicyclic) bond motifs is 2. The van der Waals surface area contributed by atoms with Crippen molar-refractivity contribution in [1.29, 1.82) is 0 Å². The number of nitrogens with one attached hydrogen (secondary N) is 3. The van der Waals surface area contributed by atoms with Gasteiger partial charge in [0.15, 0.2) is 0 Å². The van der Waals surface area contributed by atoms with Gasteiger partial charge < -0.3 is 20.3 Å². The van der Waals surface area contributed by atoms with Gasteiger partial charge in [-0.2, -0.15) is 0 Å². The molecule has 4 aromatic carbocycles. The van der Waals surface area contributed by atoms with Gasteiger partial charge in [0.25, 0.3) is 11.8 Å². The highest BCUT2D eigenvalue weighted by atomic mass is 19.1. The number of carbonyl (C=O) groups is 6. The second kappa shape index (κ2) is 21.4. The van der Waals surface area contributed by atoms with Crippen LogP contribution in [-0.2, 0) is 20.9 Å². The molecule has 15 heteroatoms. The lowest BCUT2D eigenvalue weighted by atomic mass is 9.92. The summed E-state index contributed by atoms with van der Waals surface area (Å²) in [6, 6.07) is 23.1. The summed E-state index contributed by atoms with van der Waals surface area (Å²) in [5.74, 6) is -2.47. The fraction of sp³-hybridized carbons (Fsp3) is 0.451. The maximum Gasteiger partial charge on any atom is 0.321 e. The van der Waals surface area contributed by atoms with Crippen LogP contribution in [0.25, 0.3) is 10.8 Å².